The summed E-state index contributed by atoms with van der Waals surface area (Å²) in [7, 11) is 0. The molecule has 0 aliphatic rings. The Morgan fingerprint density at radius 1 is 1.28 bits per heavy atom. The zero-order valence-corrected chi connectivity index (χ0v) is 8.86. The number of aliphatic hydroxyl groups is 1. The standard InChI is InChI=1S/C9H8F3N5O/c10-5-1-2-6(13-3-5)7(11)8(18)9(12)17-4-14-15-16-17/h1-4,7-9,18H. The van der Waals surface area contributed by atoms with Gasteiger partial charge < -0.3 is 5.11 Å². The number of hydrogen-bond donors (Lipinski definition) is 1. The fraction of sp³-hybridized carbons (Fsp3) is 0.333. The van der Waals surface area contributed by atoms with Crippen molar-refractivity contribution >= 4 is 0 Å². The van der Waals surface area contributed by atoms with Crippen LogP contribution in [-0.4, -0.2) is 36.4 Å². The molecule has 0 saturated heterocycles. The normalized spacial score (nSPS) is 16.2. The molecule has 0 bridgehead atoms. The van der Waals surface area contributed by atoms with E-state index in [0.29, 0.717) is 4.68 Å². The van der Waals surface area contributed by atoms with E-state index in [9.17, 15) is 18.3 Å². The molecule has 0 amide bonds. The molecule has 6 nitrogen and oxygen atoms in total. The topological polar surface area (TPSA) is 76.7 Å². The Balaban J connectivity index is 2.13. The van der Waals surface area contributed by atoms with E-state index in [1.165, 1.54) is 0 Å². The first-order chi connectivity index (χ1) is 8.59. The number of alkyl halides is 2. The van der Waals surface area contributed by atoms with Gasteiger partial charge >= 0.3 is 0 Å². The van der Waals surface area contributed by atoms with E-state index in [1.54, 1.807) is 0 Å². The highest BCUT2D eigenvalue weighted by molar-refractivity contribution is 5.09. The highest BCUT2D eigenvalue weighted by Crippen LogP contribution is 2.27. The molecule has 0 saturated carbocycles. The van der Waals surface area contributed by atoms with Crippen molar-refractivity contribution in [3.05, 3.63) is 36.2 Å². The molecule has 2 rings (SSSR count). The molecule has 2 heterocycles. The number of hydrogen-bond acceptors (Lipinski definition) is 5. The van der Waals surface area contributed by atoms with Gasteiger partial charge in [0, 0.05) is 0 Å². The molecule has 0 aromatic carbocycles. The molecule has 0 radical (unpaired) electrons. The molecule has 2 aromatic heterocycles. The summed E-state index contributed by atoms with van der Waals surface area (Å²) in [6.07, 6.45) is -4.66. The van der Waals surface area contributed by atoms with Gasteiger partial charge in [0.1, 0.15) is 18.2 Å². The highest BCUT2D eigenvalue weighted by Gasteiger charge is 2.32. The first-order valence-corrected chi connectivity index (χ1v) is 4.89. The number of nitrogens with zero attached hydrogens (tertiary/aromatic N) is 5. The van der Waals surface area contributed by atoms with E-state index in [0.717, 1.165) is 24.7 Å². The van der Waals surface area contributed by atoms with Gasteiger partial charge in [0.2, 0.25) is 6.30 Å². The van der Waals surface area contributed by atoms with Gasteiger partial charge in [0.25, 0.3) is 0 Å². The number of aromatic nitrogens is 5. The van der Waals surface area contributed by atoms with Crippen LogP contribution in [0.3, 0.4) is 0 Å². The minimum absolute atomic E-state index is 0.278. The van der Waals surface area contributed by atoms with Crippen molar-refractivity contribution in [2.24, 2.45) is 0 Å². The third-order valence-corrected chi connectivity index (χ3v) is 2.23. The van der Waals surface area contributed by atoms with E-state index < -0.39 is 24.4 Å². The van der Waals surface area contributed by atoms with Crippen LogP contribution in [0.2, 0.25) is 0 Å². The molecule has 18 heavy (non-hydrogen) atoms. The lowest BCUT2D eigenvalue weighted by atomic mass is 10.1. The largest absolute Gasteiger partial charge is 0.385 e. The van der Waals surface area contributed by atoms with Gasteiger partial charge in [-0.3, -0.25) is 4.98 Å². The molecule has 0 spiro atoms. The maximum Gasteiger partial charge on any atom is 0.224 e. The van der Waals surface area contributed by atoms with Crippen LogP contribution >= 0.6 is 0 Å². The maximum absolute atomic E-state index is 13.7. The van der Waals surface area contributed by atoms with E-state index in [4.69, 9.17) is 0 Å². The van der Waals surface area contributed by atoms with Gasteiger partial charge in [0.05, 0.1) is 11.9 Å². The van der Waals surface area contributed by atoms with Crippen molar-refractivity contribution in [3.63, 3.8) is 0 Å². The first-order valence-electron chi connectivity index (χ1n) is 4.89. The lowest BCUT2D eigenvalue weighted by Gasteiger charge is -2.18. The van der Waals surface area contributed by atoms with E-state index in [-0.39, 0.29) is 5.69 Å². The summed E-state index contributed by atoms with van der Waals surface area (Å²) in [5.74, 6) is -0.655. The van der Waals surface area contributed by atoms with Crippen LogP contribution in [0.25, 0.3) is 0 Å². The number of aliphatic hydroxyl groups excluding tert-OH is 1. The third-order valence-electron chi connectivity index (χ3n) is 2.23. The number of pyridine rings is 1. The lowest BCUT2D eigenvalue weighted by molar-refractivity contribution is -0.0295. The van der Waals surface area contributed by atoms with Crippen LogP contribution in [0, 0.1) is 5.82 Å². The average molecular weight is 259 g/mol. The summed E-state index contributed by atoms with van der Waals surface area (Å²) in [5, 5.41) is 19.0. The van der Waals surface area contributed by atoms with Crippen molar-refractivity contribution < 1.29 is 18.3 Å². The smallest absolute Gasteiger partial charge is 0.224 e. The Morgan fingerprint density at radius 2 is 2.06 bits per heavy atom. The van der Waals surface area contributed by atoms with Gasteiger partial charge in [-0.1, -0.05) is 0 Å². The molecular weight excluding hydrogens is 251 g/mol. The van der Waals surface area contributed by atoms with Crippen LogP contribution in [0.4, 0.5) is 13.2 Å². The summed E-state index contributed by atoms with van der Waals surface area (Å²) in [5.41, 5.74) is -0.278. The summed E-state index contributed by atoms with van der Waals surface area (Å²) >= 11 is 0. The second-order valence-corrected chi connectivity index (χ2v) is 3.46. The second-order valence-electron chi connectivity index (χ2n) is 3.46. The van der Waals surface area contributed by atoms with Gasteiger partial charge in [-0.15, -0.1) is 5.10 Å². The Hall–Kier alpha value is -2.03. The van der Waals surface area contributed by atoms with E-state index in [1.807, 2.05) is 0 Å². The summed E-state index contributed by atoms with van der Waals surface area (Å²) < 4.78 is 40.5. The molecule has 0 aliphatic heterocycles. The van der Waals surface area contributed by atoms with Crippen molar-refractivity contribution in [2.75, 3.05) is 0 Å². The van der Waals surface area contributed by atoms with Crippen LogP contribution in [0.5, 0.6) is 0 Å². The Labute approximate surface area is 99.1 Å². The minimum atomic E-state index is -2.16. The number of tetrazole rings is 1. The van der Waals surface area contributed by atoms with Crippen molar-refractivity contribution in [3.8, 4) is 0 Å². The second kappa shape index (κ2) is 5.08. The zero-order chi connectivity index (χ0) is 13.1. The van der Waals surface area contributed by atoms with Crippen molar-refractivity contribution in [1.82, 2.24) is 25.2 Å². The maximum atomic E-state index is 13.7. The zero-order valence-electron chi connectivity index (χ0n) is 8.86. The summed E-state index contributed by atoms with van der Waals surface area (Å²) in [6.45, 7) is 0. The molecule has 3 unspecified atom stereocenters. The monoisotopic (exact) mass is 259 g/mol. The molecule has 0 fully saturated rings. The van der Waals surface area contributed by atoms with Crippen LogP contribution in [-0.2, 0) is 0 Å². The predicted octanol–water partition coefficient (Wildman–Crippen LogP) is 0.747. The SMILES string of the molecule is OC(C(F)c1ccc(F)cn1)C(F)n1cnnn1. The minimum Gasteiger partial charge on any atom is -0.385 e. The quantitative estimate of drug-likeness (QED) is 0.876. The highest BCUT2D eigenvalue weighted by atomic mass is 19.2. The molecular formula is C9H8F3N5O. The fourth-order valence-electron chi connectivity index (χ4n) is 1.30. The molecule has 96 valence electrons. The van der Waals surface area contributed by atoms with Crippen LogP contribution < -0.4 is 0 Å². The lowest BCUT2D eigenvalue weighted by Crippen LogP contribution is -2.26. The Bertz CT molecular complexity index is 491. The Kier molecular flexibility index (Phi) is 3.51. The summed E-state index contributed by atoms with van der Waals surface area (Å²) in [4.78, 5) is 3.43. The predicted molar refractivity (Wildman–Crippen MR) is 52.0 cm³/mol. The van der Waals surface area contributed by atoms with Crippen LogP contribution in [0.15, 0.2) is 24.7 Å². The average Bonchev–Trinajstić information content (AvgIpc) is 2.91. The molecule has 1 N–H and O–H groups in total. The Morgan fingerprint density at radius 3 is 2.61 bits per heavy atom. The fourth-order valence-corrected chi connectivity index (χ4v) is 1.30. The number of halogens is 3. The van der Waals surface area contributed by atoms with Crippen molar-refractivity contribution in [2.45, 2.75) is 18.6 Å². The molecule has 2 aromatic rings. The number of rotatable bonds is 4. The molecule has 0 aliphatic carbocycles. The summed E-state index contributed by atoms with van der Waals surface area (Å²) in [6, 6.07) is 1.99. The van der Waals surface area contributed by atoms with Gasteiger partial charge in [-0.2, -0.15) is 4.68 Å². The van der Waals surface area contributed by atoms with Gasteiger partial charge in [0.15, 0.2) is 6.17 Å². The van der Waals surface area contributed by atoms with Crippen LogP contribution in [0.1, 0.15) is 18.2 Å². The van der Waals surface area contributed by atoms with E-state index in [2.05, 4.69) is 20.5 Å². The van der Waals surface area contributed by atoms with Crippen molar-refractivity contribution in [1.29, 1.82) is 0 Å². The molecule has 9 heteroatoms. The van der Waals surface area contributed by atoms with Gasteiger partial charge in [-0.05, 0) is 22.6 Å². The molecule has 3 atom stereocenters. The first kappa shape index (κ1) is 12.4. The van der Waals surface area contributed by atoms with Gasteiger partial charge in [-0.25, -0.2) is 13.2 Å². The third kappa shape index (κ3) is 2.45. The van der Waals surface area contributed by atoms with E-state index >= 15 is 0 Å².